The van der Waals surface area contributed by atoms with Crippen molar-refractivity contribution < 1.29 is 14.6 Å². The fraction of sp³-hybridized carbons (Fsp3) is 0.133. The number of nitrogen functional groups attached to an aromatic ring is 1. The molecule has 4 heteroatoms. The van der Waals surface area contributed by atoms with Gasteiger partial charge in [0, 0.05) is 11.8 Å². The lowest BCUT2D eigenvalue weighted by Crippen LogP contribution is -2.10. The van der Waals surface area contributed by atoms with Crippen molar-refractivity contribution in [1.82, 2.24) is 0 Å². The minimum atomic E-state index is -0.602. The highest BCUT2D eigenvalue weighted by Gasteiger charge is 2.15. The Hall–Kier alpha value is -2.49. The van der Waals surface area contributed by atoms with E-state index in [4.69, 9.17) is 10.5 Å². The van der Waals surface area contributed by atoms with Gasteiger partial charge in [-0.15, -0.1) is 0 Å². The Bertz CT molecular complexity index is 615. The maximum Gasteiger partial charge on any atom is 0.347 e. The van der Waals surface area contributed by atoms with Gasteiger partial charge in [-0.1, -0.05) is 18.2 Å². The number of phenols is 1. The summed E-state index contributed by atoms with van der Waals surface area (Å²) in [5, 5.41) is 9.70. The summed E-state index contributed by atoms with van der Waals surface area (Å²) in [6.45, 7) is 3.72. The van der Waals surface area contributed by atoms with Crippen molar-refractivity contribution in [2.24, 2.45) is 0 Å². The number of aromatic hydroxyl groups is 1. The molecule has 0 radical (unpaired) electrons. The molecule has 0 saturated carbocycles. The molecule has 2 rings (SSSR count). The van der Waals surface area contributed by atoms with Crippen LogP contribution in [0.25, 0.3) is 0 Å². The molecule has 19 heavy (non-hydrogen) atoms. The van der Waals surface area contributed by atoms with Crippen LogP contribution in [0, 0.1) is 13.8 Å². The number of hydrogen-bond donors (Lipinski definition) is 2. The van der Waals surface area contributed by atoms with Crippen molar-refractivity contribution in [2.75, 3.05) is 5.73 Å². The van der Waals surface area contributed by atoms with Gasteiger partial charge in [0.05, 0.1) is 0 Å². The number of anilines is 1. The molecule has 0 aromatic heterocycles. The summed E-state index contributed by atoms with van der Waals surface area (Å²) in [5.41, 5.74) is 7.73. The maximum atomic E-state index is 12.0. The highest BCUT2D eigenvalue weighted by molar-refractivity contribution is 5.94. The molecule has 3 N–H and O–H groups in total. The minimum Gasteiger partial charge on any atom is -0.507 e. The van der Waals surface area contributed by atoms with Gasteiger partial charge in [-0.2, -0.15) is 0 Å². The fourth-order valence-corrected chi connectivity index (χ4v) is 1.83. The number of carbonyl (C=O) groups excluding carboxylic acids is 1. The van der Waals surface area contributed by atoms with Gasteiger partial charge in [0.15, 0.2) is 0 Å². The summed E-state index contributed by atoms with van der Waals surface area (Å²) in [6, 6.07) is 9.92. The van der Waals surface area contributed by atoms with E-state index >= 15 is 0 Å². The van der Waals surface area contributed by atoms with E-state index in [0.29, 0.717) is 11.4 Å². The van der Waals surface area contributed by atoms with Crippen LogP contribution in [0.5, 0.6) is 11.5 Å². The number of carbonyl (C=O) groups is 1. The third-order valence-electron chi connectivity index (χ3n) is 2.85. The normalized spacial score (nSPS) is 10.2. The van der Waals surface area contributed by atoms with Crippen LogP contribution >= 0.6 is 0 Å². The summed E-state index contributed by atoms with van der Waals surface area (Å²) in [5.74, 6) is -0.269. The second-order valence-electron chi connectivity index (χ2n) is 4.39. The molecule has 0 bridgehead atoms. The zero-order chi connectivity index (χ0) is 14.0. The summed E-state index contributed by atoms with van der Waals surface area (Å²) in [6.07, 6.45) is 0. The van der Waals surface area contributed by atoms with E-state index in [-0.39, 0.29) is 11.3 Å². The van der Waals surface area contributed by atoms with Crippen LogP contribution < -0.4 is 10.5 Å². The van der Waals surface area contributed by atoms with Crippen molar-refractivity contribution in [3.63, 3.8) is 0 Å². The topological polar surface area (TPSA) is 72.5 Å². The molecule has 4 nitrogen and oxygen atoms in total. The average Bonchev–Trinajstić information content (AvgIpc) is 2.33. The predicted octanol–water partition coefficient (Wildman–Crippen LogP) is 2.81. The predicted molar refractivity (Wildman–Crippen MR) is 73.4 cm³/mol. The first-order valence-corrected chi connectivity index (χ1v) is 5.86. The van der Waals surface area contributed by atoms with E-state index < -0.39 is 5.97 Å². The van der Waals surface area contributed by atoms with Crippen molar-refractivity contribution in [1.29, 1.82) is 0 Å². The number of hydrogen-bond acceptors (Lipinski definition) is 4. The number of benzene rings is 2. The quantitative estimate of drug-likeness (QED) is 0.493. The molecule has 0 saturated heterocycles. The maximum absolute atomic E-state index is 12.0. The largest absolute Gasteiger partial charge is 0.507 e. The Morgan fingerprint density at radius 2 is 1.79 bits per heavy atom. The number of nitrogens with two attached hydrogens (primary N) is 1. The smallest absolute Gasteiger partial charge is 0.347 e. The second-order valence-corrected chi connectivity index (χ2v) is 4.39. The Morgan fingerprint density at radius 1 is 1.16 bits per heavy atom. The highest BCUT2D eigenvalue weighted by Crippen LogP contribution is 2.26. The van der Waals surface area contributed by atoms with Gasteiger partial charge in [-0.05, 0) is 37.1 Å². The minimum absolute atomic E-state index is 0.0943. The SMILES string of the molecule is Cc1cccc(C)c1OC(=O)c1ccc(N)cc1O. The summed E-state index contributed by atoms with van der Waals surface area (Å²) >= 11 is 0. The van der Waals surface area contributed by atoms with E-state index in [1.54, 1.807) is 6.07 Å². The second kappa shape index (κ2) is 5.02. The molecule has 0 amide bonds. The number of aryl methyl sites for hydroxylation is 2. The number of ether oxygens (including phenoxy) is 1. The van der Waals surface area contributed by atoms with Crippen LogP contribution in [0.1, 0.15) is 21.5 Å². The van der Waals surface area contributed by atoms with Gasteiger partial charge in [0.1, 0.15) is 17.1 Å². The molecule has 0 spiro atoms. The zero-order valence-electron chi connectivity index (χ0n) is 10.8. The van der Waals surface area contributed by atoms with E-state index in [9.17, 15) is 9.90 Å². The summed E-state index contributed by atoms with van der Waals surface area (Å²) in [4.78, 5) is 12.0. The number of phenolic OH excluding ortho intramolecular Hbond substituents is 1. The molecule has 2 aromatic carbocycles. The zero-order valence-corrected chi connectivity index (χ0v) is 10.8. The van der Waals surface area contributed by atoms with Gasteiger partial charge >= 0.3 is 5.97 Å². The molecule has 98 valence electrons. The first kappa shape index (κ1) is 13.0. The van der Waals surface area contributed by atoms with Crippen LogP contribution in [0.2, 0.25) is 0 Å². The summed E-state index contributed by atoms with van der Waals surface area (Å²) in [7, 11) is 0. The summed E-state index contributed by atoms with van der Waals surface area (Å²) < 4.78 is 5.34. The molecule has 0 aliphatic rings. The lowest BCUT2D eigenvalue weighted by atomic mass is 10.1. The monoisotopic (exact) mass is 257 g/mol. The van der Waals surface area contributed by atoms with Crippen LogP contribution in [0.4, 0.5) is 5.69 Å². The average molecular weight is 257 g/mol. The highest BCUT2D eigenvalue weighted by atomic mass is 16.5. The van der Waals surface area contributed by atoms with Crippen LogP contribution in [0.3, 0.4) is 0 Å². The van der Waals surface area contributed by atoms with E-state index in [1.807, 2.05) is 32.0 Å². The Morgan fingerprint density at radius 3 is 2.37 bits per heavy atom. The van der Waals surface area contributed by atoms with Gasteiger partial charge in [-0.3, -0.25) is 0 Å². The van der Waals surface area contributed by atoms with Crippen molar-refractivity contribution in [3.8, 4) is 11.5 Å². The number of rotatable bonds is 2. The van der Waals surface area contributed by atoms with E-state index in [0.717, 1.165) is 11.1 Å². The van der Waals surface area contributed by atoms with Crippen LogP contribution in [0.15, 0.2) is 36.4 Å². The molecule has 2 aromatic rings. The molecule has 0 heterocycles. The van der Waals surface area contributed by atoms with E-state index in [2.05, 4.69) is 0 Å². The third-order valence-corrected chi connectivity index (χ3v) is 2.85. The molecule has 0 aliphatic carbocycles. The van der Waals surface area contributed by atoms with E-state index in [1.165, 1.54) is 12.1 Å². The molecular weight excluding hydrogens is 242 g/mol. The molecule has 0 unspecified atom stereocenters. The molecule has 0 atom stereocenters. The molecule has 0 fully saturated rings. The fourth-order valence-electron chi connectivity index (χ4n) is 1.83. The number of para-hydroxylation sites is 1. The lowest BCUT2D eigenvalue weighted by Gasteiger charge is -2.11. The third kappa shape index (κ3) is 2.68. The Labute approximate surface area is 111 Å². The molecule has 0 aliphatic heterocycles. The van der Waals surface area contributed by atoms with Crippen molar-refractivity contribution >= 4 is 11.7 Å². The standard InChI is InChI=1S/C15H15NO3/c1-9-4-3-5-10(2)14(9)19-15(18)12-7-6-11(16)8-13(12)17/h3-8,17H,16H2,1-2H3. The first-order valence-electron chi connectivity index (χ1n) is 5.86. The van der Waals surface area contributed by atoms with Crippen LogP contribution in [-0.2, 0) is 0 Å². The Balaban J connectivity index is 2.31. The van der Waals surface area contributed by atoms with Gasteiger partial charge in [0.25, 0.3) is 0 Å². The van der Waals surface area contributed by atoms with Gasteiger partial charge < -0.3 is 15.6 Å². The van der Waals surface area contributed by atoms with Crippen molar-refractivity contribution in [3.05, 3.63) is 53.1 Å². The first-order chi connectivity index (χ1) is 8.99. The van der Waals surface area contributed by atoms with Gasteiger partial charge in [0.2, 0.25) is 0 Å². The lowest BCUT2D eigenvalue weighted by molar-refractivity contribution is 0.0729. The molecular formula is C15H15NO3. The van der Waals surface area contributed by atoms with Gasteiger partial charge in [-0.25, -0.2) is 4.79 Å². The van der Waals surface area contributed by atoms with Crippen LogP contribution in [-0.4, -0.2) is 11.1 Å². The Kier molecular flexibility index (Phi) is 3.42. The number of esters is 1. The van der Waals surface area contributed by atoms with Crippen molar-refractivity contribution in [2.45, 2.75) is 13.8 Å².